The smallest absolute Gasteiger partial charge is 0.783 e. The van der Waals surface area contributed by atoms with Gasteiger partial charge in [-0.2, -0.15) is 0 Å². The van der Waals surface area contributed by atoms with E-state index in [1.165, 1.54) is 17.4 Å². The van der Waals surface area contributed by atoms with Gasteiger partial charge < -0.3 is 23.3 Å². The molecule has 1 atom stereocenters. The quantitative estimate of drug-likeness (QED) is 0.354. The number of rotatable bonds is 5. The number of nitrogens with zero attached hydrogens (tertiary/aromatic N) is 1. The third-order valence-corrected chi connectivity index (χ3v) is 6.76. The third kappa shape index (κ3) is 4.53. The van der Waals surface area contributed by atoms with Crippen LogP contribution in [0.25, 0.3) is 0 Å². The number of carbonyl (C=O) groups is 1. The molecule has 0 radical (unpaired) electrons. The van der Waals surface area contributed by atoms with Crippen LogP contribution in [0.1, 0.15) is 17.2 Å². The number of benzene rings is 2. The molecule has 0 bridgehead atoms. The molecule has 1 aliphatic heterocycles. The van der Waals surface area contributed by atoms with E-state index >= 15 is 0 Å². The molecule has 0 saturated heterocycles. The van der Waals surface area contributed by atoms with Crippen LogP contribution in [0.5, 0.6) is 0 Å². The molecule has 1 unspecified atom stereocenters. The summed E-state index contributed by atoms with van der Waals surface area (Å²) in [6, 6.07) is 11.8. The van der Waals surface area contributed by atoms with Gasteiger partial charge in [-0.25, -0.2) is 8.42 Å². The van der Waals surface area contributed by atoms with Crippen LogP contribution >= 0.6 is 11.6 Å². The molecule has 0 aromatic heterocycles. The van der Waals surface area contributed by atoms with E-state index in [4.69, 9.17) is 24.2 Å². The van der Waals surface area contributed by atoms with Crippen LogP contribution in [0.3, 0.4) is 0 Å². The fourth-order valence-electron chi connectivity index (χ4n) is 3.12. The van der Waals surface area contributed by atoms with Crippen molar-refractivity contribution in [1.29, 1.82) is 0 Å². The van der Waals surface area contributed by atoms with Crippen LogP contribution in [0.2, 0.25) is 5.02 Å². The Morgan fingerprint density at radius 2 is 1.89 bits per heavy atom. The summed E-state index contributed by atoms with van der Waals surface area (Å²) >= 11 is 10.8. The fraction of sp³-hybridized carbons (Fsp3) is 0.278. The van der Waals surface area contributed by atoms with E-state index < -0.39 is 10.0 Å². The van der Waals surface area contributed by atoms with Gasteiger partial charge in [-0.15, -0.1) is 0 Å². The minimum absolute atomic E-state index is 0. The van der Waals surface area contributed by atoms with E-state index in [0.717, 1.165) is 5.56 Å². The Morgan fingerprint density at radius 3 is 2.61 bits per heavy atom. The molecule has 0 saturated carbocycles. The molecular weight excluding hydrogens is 413 g/mol. The summed E-state index contributed by atoms with van der Waals surface area (Å²) in [7, 11) is -2.22. The first-order valence-corrected chi connectivity index (χ1v) is 10.7. The van der Waals surface area contributed by atoms with Gasteiger partial charge in [-0.1, -0.05) is 41.6 Å². The Balaban J connectivity index is 0.00000280. The van der Waals surface area contributed by atoms with E-state index in [9.17, 15) is 13.2 Å². The molecule has 1 aliphatic rings. The number of amides is 1. The molecule has 0 aliphatic carbocycles. The van der Waals surface area contributed by atoms with Gasteiger partial charge in [-0.05, 0) is 29.3 Å². The van der Waals surface area contributed by atoms with Gasteiger partial charge >= 0.3 is 18.9 Å². The monoisotopic (exact) mass is 431 g/mol. The van der Waals surface area contributed by atoms with E-state index in [1.807, 2.05) is 12.1 Å². The van der Waals surface area contributed by atoms with E-state index in [1.54, 1.807) is 24.3 Å². The van der Waals surface area contributed by atoms with Crippen molar-refractivity contribution in [3.8, 4) is 0 Å². The summed E-state index contributed by atoms with van der Waals surface area (Å²) < 4.78 is 27.5. The van der Waals surface area contributed by atoms with Gasteiger partial charge in [0.15, 0.2) is 5.91 Å². The molecule has 1 amide bonds. The maximum atomic E-state index is 13.1. The molecule has 2 aromatic rings. The second-order valence-corrected chi connectivity index (χ2v) is 8.76. The largest absolute Gasteiger partial charge is 1.00 e. The minimum atomic E-state index is -3.75. The fourth-order valence-corrected chi connectivity index (χ4v) is 4.94. The second-order valence-electron chi connectivity index (χ2n) is 6.09. The van der Waals surface area contributed by atoms with Crippen molar-refractivity contribution < 1.29 is 32.1 Å². The van der Waals surface area contributed by atoms with Crippen molar-refractivity contribution in [1.82, 2.24) is 10.6 Å². The zero-order valence-electron chi connectivity index (χ0n) is 15.6. The summed E-state index contributed by atoms with van der Waals surface area (Å²) in [5.41, 5.74) is 2.04. The Kier molecular flexibility index (Phi) is 7.91. The van der Waals surface area contributed by atoms with Crippen LogP contribution in [-0.2, 0) is 27.4 Å². The molecular formula is C18H19ClLiN3O3S2. The average Bonchev–Trinajstić information content (AvgIpc) is 2.73. The number of sulfonamides is 1. The van der Waals surface area contributed by atoms with Crippen LogP contribution < -0.4 is 33.8 Å². The summed E-state index contributed by atoms with van der Waals surface area (Å²) in [4.78, 5) is 11.5. The van der Waals surface area contributed by atoms with E-state index in [0.29, 0.717) is 29.4 Å². The normalized spacial score (nSPS) is 17.0. The summed E-state index contributed by atoms with van der Waals surface area (Å²) in [6.45, 7) is 0.839. The number of halogens is 1. The van der Waals surface area contributed by atoms with Gasteiger partial charge in [0.1, 0.15) is 0 Å². The first-order chi connectivity index (χ1) is 12.9. The Bertz CT molecular complexity index is 972. The molecule has 1 heterocycles. The van der Waals surface area contributed by atoms with Crippen LogP contribution in [0.4, 0.5) is 5.69 Å². The van der Waals surface area contributed by atoms with Crippen molar-refractivity contribution in [2.45, 2.75) is 10.9 Å². The summed E-state index contributed by atoms with van der Waals surface area (Å²) in [6.07, 6.45) is 0. The van der Waals surface area contributed by atoms with Crippen molar-refractivity contribution >= 4 is 45.8 Å². The van der Waals surface area contributed by atoms with Crippen LogP contribution in [0.15, 0.2) is 47.4 Å². The first-order valence-electron chi connectivity index (χ1n) is 8.31. The third-order valence-electron chi connectivity index (χ3n) is 4.44. The number of carbonyl (C=O) groups excluding carboxylic acids is 1. The Labute approximate surface area is 187 Å². The van der Waals surface area contributed by atoms with Crippen LogP contribution in [-0.4, -0.2) is 40.2 Å². The van der Waals surface area contributed by atoms with Gasteiger partial charge in [-0.3, -0.25) is 9.10 Å². The van der Waals surface area contributed by atoms with Crippen molar-refractivity contribution in [2.75, 3.05) is 30.2 Å². The molecule has 144 valence electrons. The minimum Gasteiger partial charge on any atom is -0.783 e. The molecule has 2 aromatic carbocycles. The predicted molar refractivity (Wildman–Crippen MR) is 109 cm³/mol. The van der Waals surface area contributed by atoms with Crippen molar-refractivity contribution in [3.05, 3.63) is 58.6 Å². The first kappa shape index (κ1) is 23.1. The maximum absolute atomic E-state index is 13.1. The molecule has 2 N–H and O–H groups in total. The molecule has 10 heteroatoms. The molecule has 6 nitrogen and oxygen atoms in total. The maximum Gasteiger partial charge on any atom is 1.00 e. The topological polar surface area (TPSA) is 78.5 Å². The number of para-hydroxylation sites is 1. The van der Waals surface area contributed by atoms with Gasteiger partial charge in [0.05, 0.1) is 16.6 Å². The summed E-state index contributed by atoms with van der Waals surface area (Å²) in [5.74, 6) is -0.195. The summed E-state index contributed by atoms with van der Waals surface area (Å²) in [5, 5.41) is 6.42. The van der Waals surface area contributed by atoms with Crippen molar-refractivity contribution in [3.63, 3.8) is 0 Å². The SMILES string of the molecule is CN1c2ccccc2C(NCCNC(=O)C[S-])c2ccc(Cl)cc2S1(=O)=O.[Li+]. The van der Waals surface area contributed by atoms with Gasteiger partial charge in [0.2, 0.25) is 0 Å². The van der Waals surface area contributed by atoms with Gasteiger partial charge in [0.25, 0.3) is 10.0 Å². The Morgan fingerprint density at radius 1 is 1.18 bits per heavy atom. The number of hydrogen-bond donors (Lipinski definition) is 2. The molecule has 0 fully saturated rings. The average molecular weight is 432 g/mol. The van der Waals surface area contributed by atoms with Crippen molar-refractivity contribution in [2.24, 2.45) is 0 Å². The van der Waals surface area contributed by atoms with Gasteiger partial charge in [0, 0.05) is 25.2 Å². The number of nitrogens with one attached hydrogen (secondary N) is 2. The zero-order chi connectivity index (χ0) is 19.6. The van der Waals surface area contributed by atoms with Crippen LogP contribution in [0, 0.1) is 0 Å². The predicted octanol–water partition coefficient (Wildman–Crippen LogP) is -1.18. The standard InChI is InChI=1S/C18H20ClN3O3S2.Li/c1-22-15-5-3-2-4-13(15)18(21-9-8-20-17(23)11-26)14-7-6-12(19)10-16(14)27(22,24)25;/h2-7,10,18,21,26H,8-9,11H2,1H3,(H,20,23);/q;+1/p-1. The molecule has 3 rings (SSSR count). The molecule has 28 heavy (non-hydrogen) atoms. The van der Waals surface area contributed by atoms with E-state index in [-0.39, 0.29) is 41.5 Å². The molecule has 0 spiro atoms. The zero-order valence-corrected chi connectivity index (χ0v) is 18.0. The second kappa shape index (κ2) is 9.57. The number of anilines is 1. The number of hydrogen-bond acceptors (Lipinski definition) is 5. The van der Waals surface area contributed by atoms with E-state index in [2.05, 4.69) is 10.6 Å². The Hall–Kier alpha value is -1.14. The number of fused-ring (bicyclic) bond motifs is 2.